The topological polar surface area (TPSA) is 32.6 Å². The zero-order valence-electron chi connectivity index (χ0n) is 9.37. The summed E-state index contributed by atoms with van der Waals surface area (Å²) in [7, 11) is 0. The Labute approximate surface area is 148 Å². The number of rotatable bonds is 2. The van der Waals surface area contributed by atoms with E-state index >= 15 is 0 Å². The molecule has 19 heavy (non-hydrogen) atoms. The molecule has 0 fully saturated rings. The largest absolute Gasteiger partial charge is 0.506 e. The van der Waals surface area contributed by atoms with Gasteiger partial charge in [-0.05, 0) is 75.5 Å². The maximum absolute atomic E-state index is 9.95. The SMILES string of the molecule is Oc1c(I)cc(I)cc1C=Nc1cc(Cl)cc(Cl)c1. The summed E-state index contributed by atoms with van der Waals surface area (Å²) in [6, 6.07) is 8.81. The van der Waals surface area contributed by atoms with E-state index < -0.39 is 0 Å². The Morgan fingerprint density at radius 3 is 2.26 bits per heavy atom. The minimum atomic E-state index is 0.220. The van der Waals surface area contributed by atoms with Gasteiger partial charge in [0, 0.05) is 25.4 Å². The summed E-state index contributed by atoms with van der Waals surface area (Å²) in [5, 5.41) is 11.0. The van der Waals surface area contributed by atoms with Crippen molar-refractivity contribution in [1.29, 1.82) is 0 Å². The molecule has 0 radical (unpaired) electrons. The van der Waals surface area contributed by atoms with E-state index in [0.29, 0.717) is 21.3 Å². The highest BCUT2D eigenvalue weighted by atomic mass is 127. The molecule has 0 aliphatic heterocycles. The molecule has 0 heterocycles. The van der Waals surface area contributed by atoms with E-state index in [9.17, 15) is 5.11 Å². The summed E-state index contributed by atoms with van der Waals surface area (Å²) in [6.07, 6.45) is 1.60. The number of hydrogen-bond acceptors (Lipinski definition) is 2. The number of benzene rings is 2. The van der Waals surface area contributed by atoms with E-state index in [1.807, 2.05) is 12.1 Å². The van der Waals surface area contributed by atoms with Crippen LogP contribution in [-0.2, 0) is 0 Å². The van der Waals surface area contributed by atoms with Gasteiger partial charge in [-0.1, -0.05) is 23.2 Å². The Balaban J connectivity index is 2.37. The third kappa shape index (κ3) is 4.21. The lowest BCUT2D eigenvalue weighted by atomic mass is 10.2. The minimum absolute atomic E-state index is 0.220. The van der Waals surface area contributed by atoms with Crippen molar-refractivity contribution in [3.05, 3.63) is 53.1 Å². The molecule has 6 heteroatoms. The van der Waals surface area contributed by atoms with Crippen LogP contribution in [-0.4, -0.2) is 11.3 Å². The van der Waals surface area contributed by atoms with Crippen LogP contribution in [0.3, 0.4) is 0 Å². The van der Waals surface area contributed by atoms with Crippen molar-refractivity contribution in [2.24, 2.45) is 4.99 Å². The van der Waals surface area contributed by atoms with Crippen molar-refractivity contribution in [3.8, 4) is 5.75 Å². The quantitative estimate of drug-likeness (QED) is 0.405. The van der Waals surface area contributed by atoms with E-state index in [1.54, 1.807) is 24.4 Å². The van der Waals surface area contributed by atoms with Gasteiger partial charge >= 0.3 is 0 Å². The molecule has 0 spiro atoms. The zero-order valence-corrected chi connectivity index (χ0v) is 15.2. The van der Waals surface area contributed by atoms with Crippen LogP contribution in [0.1, 0.15) is 5.56 Å². The summed E-state index contributed by atoms with van der Waals surface area (Å²) in [5.41, 5.74) is 1.30. The lowest BCUT2D eigenvalue weighted by molar-refractivity contribution is 0.470. The lowest BCUT2D eigenvalue weighted by Crippen LogP contribution is -1.87. The number of nitrogens with zero attached hydrogens (tertiary/aromatic N) is 1. The van der Waals surface area contributed by atoms with Crippen LogP contribution < -0.4 is 0 Å². The molecule has 0 bridgehead atoms. The standard InChI is InChI=1S/C13H7Cl2I2NO/c14-8-2-9(15)4-11(3-8)18-6-7-1-10(16)5-12(17)13(7)19/h1-6,19H. The lowest BCUT2D eigenvalue weighted by Gasteiger charge is -2.03. The predicted octanol–water partition coefficient (Wildman–Crippen LogP) is 5.66. The predicted molar refractivity (Wildman–Crippen MR) is 97.3 cm³/mol. The summed E-state index contributed by atoms with van der Waals surface area (Å²) in [5.74, 6) is 0.220. The van der Waals surface area contributed by atoms with Crippen LogP contribution in [0.4, 0.5) is 5.69 Å². The summed E-state index contributed by atoms with van der Waals surface area (Å²) < 4.78 is 1.82. The number of phenols is 1. The van der Waals surface area contributed by atoms with Gasteiger partial charge in [-0.15, -0.1) is 0 Å². The summed E-state index contributed by atoms with van der Waals surface area (Å²) in [4.78, 5) is 4.28. The van der Waals surface area contributed by atoms with Gasteiger partial charge in [0.15, 0.2) is 0 Å². The minimum Gasteiger partial charge on any atom is -0.506 e. The third-order valence-electron chi connectivity index (χ3n) is 2.26. The highest BCUT2D eigenvalue weighted by molar-refractivity contribution is 14.1. The van der Waals surface area contributed by atoms with E-state index in [1.165, 1.54) is 0 Å². The summed E-state index contributed by atoms with van der Waals surface area (Å²) in [6.45, 7) is 0. The molecule has 0 saturated heterocycles. The molecule has 0 aliphatic rings. The Bertz CT molecular complexity index is 639. The first-order valence-corrected chi connectivity index (χ1v) is 8.05. The second-order valence-electron chi connectivity index (χ2n) is 3.71. The molecular weight excluding hydrogens is 511 g/mol. The molecule has 0 aliphatic carbocycles. The van der Waals surface area contributed by atoms with E-state index in [2.05, 4.69) is 50.2 Å². The smallest absolute Gasteiger partial charge is 0.137 e. The van der Waals surface area contributed by atoms with Gasteiger partial charge in [-0.3, -0.25) is 4.99 Å². The van der Waals surface area contributed by atoms with E-state index in [4.69, 9.17) is 23.2 Å². The van der Waals surface area contributed by atoms with Gasteiger partial charge in [0.2, 0.25) is 0 Å². The Hall–Kier alpha value is -0.0500. The first-order chi connectivity index (χ1) is 8.95. The fraction of sp³-hybridized carbons (Fsp3) is 0. The van der Waals surface area contributed by atoms with E-state index in [-0.39, 0.29) is 5.75 Å². The second-order valence-corrected chi connectivity index (χ2v) is 6.99. The fourth-order valence-electron chi connectivity index (χ4n) is 1.44. The van der Waals surface area contributed by atoms with Crippen molar-refractivity contribution in [3.63, 3.8) is 0 Å². The molecule has 2 rings (SSSR count). The Morgan fingerprint density at radius 1 is 1.00 bits per heavy atom. The first-order valence-electron chi connectivity index (χ1n) is 5.14. The average molecular weight is 518 g/mol. The van der Waals surface area contributed by atoms with Crippen molar-refractivity contribution < 1.29 is 5.11 Å². The maximum Gasteiger partial charge on any atom is 0.137 e. The Morgan fingerprint density at radius 2 is 1.63 bits per heavy atom. The van der Waals surface area contributed by atoms with Gasteiger partial charge in [-0.25, -0.2) is 0 Å². The number of aliphatic imine (C=N–C) groups is 1. The number of phenolic OH excluding ortho intramolecular Hbond substituents is 1. The van der Waals surface area contributed by atoms with Crippen LogP contribution in [0.25, 0.3) is 0 Å². The number of hydrogen-bond donors (Lipinski definition) is 1. The van der Waals surface area contributed by atoms with Crippen LogP contribution in [0.2, 0.25) is 10.0 Å². The molecule has 0 saturated carbocycles. The van der Waals surface area contributed by atoms with Crippen LogP contribution in [0.15, 0.2) is 35.3 Å². The van der Waals surface area contributed by atoms with Gasteiger partial charge in [0.1, 0.15) is 5.75 Å². The highest BCUT2D eigenvalue weighted by Crippen LogP contribution is 2.28. The number of aromatic hydroxyl groups is 1. The molecule has 1 N–H and O–H groups in total. The normalized spacial score (nSPS) is 11.2. The van der Waals surface area contributed by atoms with Gasteiger partial charge in [0.05, 0.1) is 9.26 Å². The highest BCUT2D eigenvalue weighted by Gasteiger charge is 2.05. The zero-order chi connectivity index (χ0) is 14.0. The van der Waals surface area contributed by atoms with Crippen molar-refractivity contribution in [2.45, 2.75) is 0 Å². The fourth-order valence-corrected chi connectivity index (χ4v) is 3.85. The van der Waals surface area contributed by atoms with Crippen molar-refractivity contribution in [2.75, 3.05) is 0 Å². The van der Waals surface area contributed by atoms with Crippen LogP contribution >= 0.6 is 68.4 Å². The summed E-state index contributed by atoms with van der Waals surface area (Å²) >= 11 is 16.1. The molecule has 98 valence electrons. The molecular formula is C13H7Cl2I2NO. The molecule has 0 unspecified atom stereocenters. The monoisotopic (exact) mass is 517 g/mol. The van der Waals surface area contributed by atoms with Crippen LogP contribution in [0.5, 0.6) is 5.75 Å². The molecule has 2 aromatic rings. The number of halogens is 4. The van der Waals surface area contributed by atoms with Gasteiger partial charge < -0.3 is 5.11 Å². The van der Waals surface area contributed by atoms with E-state index in [0.717, 1.165) is 7.14 Å². The van der Waals surface area contributed by atoms with Crippen molar-refractivity contribution in [1.82, 2.24) is 0 Å². The second kappa shape index (κ2) is 6.60. The Kier molecular flexibility index (Phi) is 5.33. The molecule has 0 amide bonds. The van der Waals surface area contributed by atoms with Crippen LogP contribution in [0, 0.1) is 7.14 Å². The maximum atomic E-state index is 9.95. The first kappa shape index (κ1) is 15.3. The third-order valence-corrected chi connectivity index (χ3v) is 4.14. The molecule has 2 nitrogen and oxygen atoms in total. The molecule has 2 aromatic carbocycles. The van der Waals surface area contributed by atoms with Crippen molar-refractivity contribution >= 4 is 80.3 Å². The van der Waals surface area contributed by atoms with Gasteiger partial charge in [-0.2, -0.15) is 0 Å². The average Bonchev–Trinajstić information content (AvgIpc) is 2.30. The molecule has 0 aromatic heterocycles. The molecule has 0 atom stereocenters. The van der Waals surface area contributed by atoms with Gasteiger partial charge in [0.25, 0.3) is 0 Å².